The van der Waals surface area contributed by atoms with Crippen molar-refractivity contribution >= 4 is 46.6 Å². The van der Waals surface area contributed by atoms with E-state index >= 15 is 0 Å². The van der Waals surface area contributed by atoms with E-state index in [0.717, 1.165) is 28.2 Å². The van der Waals surface area contributed by atoms with Crippen molar-refractivity contribution in [1.82, 2.24) is 9.13 Å². The van der Waals surface area contributed by atoms with Crippen molar-refractivity contribution < 1.29 is 9.53 Å². The number of carbonyl (C=O) groups excluding carboxylic acids is 1. The van der Waals surface area contributed by atoms with Crippen LogP contribution >= 0.6 is 34.5 Å². The first-order chi connectivity index (χ1) is 18.5. The Morgan fingerprint density at radius 3 is 2.44 bits per heavy atom. The van der Waals surface area contributed by atoms with Gasteiger partial charge in [0.1, 0.15) is 0 Å². The summed E-state index contributed by atoms with van der Waals surface area (Å²) >= 11 is 13.7. The highest BCUT2D eigenvalue weighted by Crippen LogP contribution is 2.31. The number of thiazole rings is 1. The highest BCUT2D eigenvalue weighted by Gasteiger charge is 2.33. The van der Waals surface area contributed by atoms with E-state index in [0.29, 0.717) is 30.6 Å². The number of rotatable bonds is 5. The molecule has 3 heterocycles. The molecule has 0 spiro atoms. The maximum Gasteiger partial charge on any atom is 0.338 e. The standard InChI is InChI=1S/C30H27Cl2N3O3S/c1-16(2)38-29(37)26-18(4)33-30-35(27(26)20-9-11-22(31)12-10-20)28(36)25(39-30)14-21-13-17(3)34(19(21)5)24-8-6-7-23(32)15-24/h6-16,27H,1-5H3/b25-14+/t27-/m1/s1. The van der Waals surface area contributed by atoms with Crippen LogP contribution in [0.5, 0.6) is 0 Å². The van der Waals surface area contributed by atoms with Crippen molar-refractivity contribution in [3.05, 3.63) is 118 Å². The van der Waals surface area contributed by atoms with E-state index in [-0.39, 0.29) is 11.7 Å². The second kappa shape index (κ2) is 10.6. The molecule has 0 saturated heterocycles. The lowest BCUT2D eigenvalue weighted by Gasteiger charge is -2.25. The predicted octanol–water partition coefficient (Wildman–Crippen LogP) is 5.90. The number of esters is 1. The quantitative estimate of drug-likeness (QED) is 0.276. The smallest absolute Gasteiger partial charge is 0.338 e. The van der Waals surface area contributed by atoms with E-state index in [4.69, 9.17) is 27.9 Å². The molecule has 1 aliphatic rings. The number of allylic oxidation sites excluding steroid dienone is 1. The third-order valence-electron chi connectivity index (χ3n) is 6.59. The highest BCUT2D eigenvalue weighted by molar-refractivity contribution is 7.07. The van der Waals surface area contributed by atoms with Gasteiger partial charge in [-0.1, -0.05) is 52.7 Å². The summed E-state index contributed by atoms with van der Waals surface area (Å²) in [6, 6.07) is 16.2. The van der Waals surface area contributed by atoms with Gasteiger partial charge in [0.05, 0.1) is 27.9 Å². The lowest BCUT2D eigenvalue weighted by Crippen LogP contribution is -2.40. The molecule has 0 unspecified atom stereocenters. The number of ether oxygens (including phenoxy) is 1. The fourth-order valence-electron chi connectivity index (χ4n) is 4.91. The number of hydrogen-bond acceptors (Lipinski definition) is 5. The maximum atomic E-state index is 13.9. The zero-order valence-corrected chi connectivity index (χ0v) is 24.5. The van der Waals surface area contributed by atoms with Gasteiger partial charge in [0.15, 0.2) is 4.80 Å². The van der Waals surface area contributed by atoms with Crippen LogP contribution in [-0.4, -0.2) is 21.2 Å². The van der Waals surface area contributed by atoms with Crippen LogP contribution in [0.2, 0.25) is 10.0 Å². The summed E-state index contributed by atoms with van der Waals surface area (Å²) in [5, 5.41) is 1.22. The Balaban J connectivity index is 1.69. The minimum absolute atomic E-state index is 0.228. The summed E-state index contributed by atoms with van der Waals surface area (Å²) in [7, 11) is 0. The van der Waals surface area contributed by atoms with E-state index in [9.17, 15) is 9.59 Å². The summed E-state index contributed by atoms with van der Waals surface area (Å²) in [5.41, 5.74) is 5.23. The zero-order chi connectivity index (χ0) is 28.0. The summed E-state index contributed by atoms with van der Waals surface area (Å²) < 4.78 is 9.77. The third-order valence-corrected chi connectivity index (χ3v) is 8.06. The normalized spacial score (nSPS) is 15.5. The summed E-state index contributed by atoms with van der Waals surface area (Å²) in [5.74, 6) is -0.495. The molecule has 200 valence electrons. The third kappa shape index (κ3) is 5.14. The van der Waals surface area contributed by atoms with Gasteiger partial charge in [-0.2, -0.15) is 0 Å². The van der Waals surface area contributed by atoms with Crippen LogP contribution in [0.15, 0.2) is 75.7 Å². The van der Waals surface area contributed by atoms with Crippen LogP contribution in [0.1, 0.15) is 49.3 Å². The second-order valence-corrected chi connectivity index (χ2v) is 11.6. The first-order valence-electron chi connectivity index (χ1n) is 12.5. The van der Waals surface area contributed by atoms with Gasteiger partial charge in [0, 0.05) is 27.1 Å². The first kappa shape index (κ1) is 27.2. The Kier molecular flexibility index (Phi) is 7.42. The van der Waals surface area contributed by atoms with Crippen molar-refractivity contribution in [3.63, 3.8) is 0 Å². The van der Waals surface area contributed by atoms with E-state index in [1.54, 1.807) is 37.5 Å². The zero-order valence-electron chi connectivity index (χ0n) is 22.2. The molecule has 2 aromatic heterocycles. The topological polar surface area (TPSA) is 65.6 Å². The SMILES string of the molecule is CC1=C(C(=O)OC(C)C)[C@@H](c2ccc(Cl)cc2)n2c(s/c(=C/c3cc(C)n(-c4cccc(Cl)c4)c3C)c2=O)=N1. The summed E-state index contributed by atoms with van der Waals surface area (Å²) in [4.78, 5) is 32.4. The molecule has 0 radical (unpaired) electrons. The maximum absolute atomic E-state index is 13.9. The number of aryl methyl sites for hydroxylation is 1. The van der Waals surface area contributed by atoms with Gasteiger partial charge in [0.25, 0.3) is 5.56 Å². The van der Waals surface area contributed by atoms with Crippen molar-refractivity contribution in [2.24, 2.45) is 4.99 Å². The molecule has 4 aromatic rings. The van der Waals surface area contributed by atoms with E-state index in [2.05, 4.69) is 9.56 Å². The van der Waals surface area contributed by atoms with Crippen LogP contribution in [0.3, 0.4) is 0 Å². The molecule has 1 aliphatic heterocycles. The lowest BCUT2D eigenvalue weighted by atomic mass is 9.96. The molecular formula is C30H27Cl2N3O3S. The molecule has 0 saturated carbocycles. The van der Waals surface area contributed by atoms with Gasteiger partial charge < -0.3 is 9.30 Å². The molecule has 1 atom stereocenters. The Morgan fingerprint density at radius 2 is 1.77 bits per heavy atom. The molecular weight excluding hydrogens is 553 g/mol. The molecule has 0 amide bonds. The monoisotopic (exact) mass is 579 g/mol. The van der Waals surface area contributed by atoms with E-state index < -0.39 is 12.0 Å². The van der Waals surface area contributed by atoms with Gasteiger partial charge in [-0.25, -0.2) is 9.79 Å². The van der Waals surface area contributed by atoms with Crippen LogP contribution < -0.4 is 14.9 Å². The van der Waals surface area contributed by atoms with Gasteiger partial charge in [-0.3, -0.25) is 9.36 Å². The minimum atomic E-state index is -0.689. The van der Waals surface area contributed by atoms with Crippen LogP contribution in [0.4, 0.5) is 0 Å². The molecule has 39 heavy (non-hydrogen) atoms. The lowest BCUT2D eigenvalue weighted by molar-refractivity contribution is -0.143. The number of halogens is 2. The average Bonchev–Trinajstić information content (AvgIpc) is 3.32. The Bertz CT molecular complexity index is 1810. The Labute approximate surface area is 240 Å². The van der Waals surface area contributed by atoms with Crippen LogP contribution in [-0.2, 0) is 9.53 Å². The Hall–Kier alpha value is -3.39. The van der Waals surface area contributed by atoms with Gasteiger partial charge in [0.2, 0.25) is 0 Å². The van der Waals surface area contributed by atoms with E-state index in [1.807, 2.05) is 62.4 Å². The summed E-state index contributed by atoms with van der Waals surface area (Å²) in [6.45, 7) is 9.39. The van der Waals surface area contributed by atoms with Crippen LogP contribution in [0.25, 0.3) is 11.8 Å². The molecule has 9 heteroatoms. The molecule has 0 bridgehead atoms. The minimum Gasteiger partial charge on any atom is -0.459 e. The molecule has 5 rings (SSSR count). The Morgan fingerprint density at radius 1 is 1.05 bits per heavy atom. The summed E-state index contributed by atoms with van der Waals surface area (Å²) in [6.07, 6.45) is 1.57. The number of hydrogen-bond donors (Lipinski definition) is 0. The van der Waals surface area contributed by atoms with Gasteiger partial charge in [-0.15, -0.1) is 0 Å². The fourth-order valence-corrected chi connectivity index (χ4v) is 6.26. The predicted molar refractivity (Wildman–Crippen MR) is 157 cm³/mol. The largest absolute Gasteiger partial charge is 0.459 e. The number of fused-ring (bicyclic) bond motifs is 1. The first-order valence-corrected chi connectivity index (χ1v) is 14.1. The molecule has 0 fully saturated rings. The van der Waals surface area contributed by atoms with Crippen molar-refractivity contribution in [1.29, 1.82) is 0 Å². The fraction of sp³-hybridized carbons (Fsp3) is 0.233. The highest BCUT2D eigenvalue weighted by atomic mass is 35.5. The number of nitrogens with zero attached hydrogens (tertiary/aromatic N) is 3. The van der Waals surface area contributed by atoms with E-state index in [1.165, 1.54) is 11.3 Å². The molecule has 0 N–H and O–H groups in total. The van der Waals surface area contributed by atoms with Gasteiger partial charge >= 0.3 is 5.97 Å². The number of benzene rings is 2. The molecule has 6 nitrogen and oxygen atoms in total. The van der Waals surface area contributed by atoms with Crippen molar-refractivity contribution in [2.75, 3.05) is 0 Å². The number of carbonyl (C=O) groups is 1. The molecule has 0 aliphatic carbocycles. The second-order valence-electron chi connectivity index (χ2n) is 9.73. The van der Waals surface area contributed by atoms with Crippen molar-refractivity contribution in [3.8, 4) is 5.69 Å². The van der Waals surface area contributed by atoms with Crippen molar-refractivity contribution in [2.45, 2.75) is 46.8 Å². The van der Waals surface area contributed by atoms with Crippen LogP contribution in [0, 0.1) is 13.8 Å². The average molecular weight is 581 g/mol. The van der Waals surface area contributed by atoms with Gasteiger partial charge in [-0.05, 0) is 88.2 Å². The molecule has 2 aromatic carbocycles. The number of aromatic nitrogens is 2.